The molecule has 0 aliphatic heterocycles. The van der Waals surface area contributed by atoms with E-state index in [-0.39, 0.29) is 5.28 Å². The lowest BCUT2D eigenvalue weighted by atomic mass is 10.4. The minimum Gasteiger partial charge on any atom is -0.353 e. The van der Waals surface area contributed by atoms with Crippen molar-refractivity contribution in [1.29, 1.82) is 0 Å². The number of hydrogen-bond donors (Lipinski definition) is 1. The third-order valence-electron chi connectivity index (χ3n) is 3.15. The van der Waals surface area contributed by atoms with Crippen LogP contribution < -0.4 is 10.2 Å². The maximum Gasteiger partial charge on any atom is 0.230 e. The van der Waals surface area contributed by atoms with Gasteiger partial charge < -0.3 is 10.2 Å². The second-order valence-electron chi connectivity index (χ2n) is 4.91. The molecule has 0 amide bonds. The molecule has 106 valence electrons. The number of rotatable bonds is 7. The monoisotopic (exact) mass is 284 g/mol. The van der Waals surface area contributed by atoms with E-state index in [2.05, 4.69) is 32.1 Å². The van der Waals surface area contributed by atoms with Crippen molar-refractivity contribution < 1.29 is 0 Å². The Morgan fingerprint density at radius 2 is 2.00 bits per heavy atom. The van der Waals surface area contributed by atoms with Gasteiger partial charge in [-0.05, 0) is 31.0 Å². The first-order valence-corrected chi connectivity index (χ1v) is 7.04. The Morgan fingerprint density at radius 1 is 1.26 bits per heavy atom. The van der Waals surface area contributed by atoms with Gasteiger partial charge in [-0.1, -0.05) is 6.92 Å². The molecule has 6 nitrogen and oxygen atoms in total. The molecular weight excluding hydrogens is 264 g/mol. The Labute approximate surface area is 119 Å². The third-order valence-corrected chi connectivity index (χ3v) is 3.32. The number of nitrogens with one attached hydrogen (secondary N) is 1. The number of halogens is 1. The van der Waals surface area contributed by atoms with Gasteiger partial charge in [0.25, 0.3) is 0 Å². The van der Waals surface area contributed by atoms with Crippen LogP contribution >= 0.6 is 11.6 Å². The zero-order valence-electron chi connectivity index (χ0n) is 11.7. The van der Waals surface area contributed by atoms with E-state index in [1.54, 1.807) is 4.90 Å². The smallest absolute Gasteiger partial charge is 0.230 e. The van der Waals surface area contributed by atoms with Crippen LogP contribution in [-0.4, -0.2) is 59.6 Å². The summed E-state index contributed by atoms with van der Waals surface area (Å²) in [5, 5.41) is 3.43. The van der Waals surface area contributed by atoms with Crippen LogP contribution in [0.15, 0.2) is 0 Å². The largest absolute Gasteiger partial charge is 0.353 e. The molecular formula is C12H21ClN6. The molecule has 2 rings (SSSR count). The van der Waals surface area contributed by atoms with Gasteiger partial charge in [0.15, 0.2) is 0 Å². The summed E-state index contributed by atoms with van der Waals surface area (Å²) in [6.07, 6.45) is 2.66. The molecule has 0 spiro atoms. The molecule has 1 aromatic heterocycles. The SMILES string of the molecule is CCN(CCNc1nc(Cl)nc(N(C)C)n1)C1CC1. The summed E-state index contributed by atoms with van der Waals surface area (Å²) in [4.78, 5) is 16.7. The molecule has 0 saturated heterocycles. The van der Waals surface area contributed by atoms with Crippen molar-refractivity contribution in [3.05, 3.63) is 5.28 Å². The van der Waals surface area contributed by atoms with Crippen molar-refractivity contribution in [2.75, 3.05) is 43.9 Å². The third kappa shape index (κ3) is 4.18. The summed E-state index contributed by atoms with van der Waals surface area (Å²) in [5.41, 5.74) is 0. The van der Waals surface area contributed by atoms with Crippen LogP contribution in [0.3, 0.4) is 0 Å². The van der Waals surface area contributed by atoms with E-state index in [4.69, 9.17) is 11.6 Å². The normalized spacial score (nSPS) is 14.8. The van der Waals surface area contributed by atoms with Gasteiger partial charge in [-0.3, -0.25) is 4.90 Å². The number of hydrogen-bond acceptors (Lipinski definition) is 6. The van der Waals surface area contributed by atoms with Crippen molar-refractivity contribution in [2.45, 2.75) is 25.8 Å². The van der Waals surface area contributed by atoms with E-state index in [1.165, 1.54) is 12.8 Å². The first-order valence-electron chi connectivity index (χ1n) is 6.67. The highest BCUT2D eigenvalue weighted by molar-refractivity contribution is 6.28. The van der Waals surface area contributed by atoms with Crippen LogP contribution in [0.2, 0.25) is 5.28 Å². The van der Waals surface area contributed by atoms with Crippen molar-refractivity contribution in [3.8, 4) is 0 Å². The minimum atomic E-state index is 0.218. The fourth-order valence-corrected chi connectivity index (χ4v) is 2.12. The van der Waals surface area contributed by atoms with Gasteiger partial charge in [0.05, 0.1) is 0 Å². The summed E-state index contributed by atoms with van der Waals surface area (Å²) < 4.78 is 0. The summed E-state index contributed by atoms with van der Waals surface area (Å²) in [6.45, 7) is 5.11. The summed E-state index contributed by atoms with van der Waals surface area (Å²) in [7, 11) is 3.75. The fraction of sp³-hybridized carbons (Fsp3) is 0.750. The maximum atomic E-state index is 5.88. The molecule has 0 aromatic carbocycles. The first kappa shape index (κ1) is 14.3. The van der Waals surface area contributed by atoms with Crippen LogP contribution in [0.4, 0.5) is 11.9 Å². The molecule has 19 heavy (non-hydrogen) atoms. The van der Waals surface area contributed by atoms with Gasteiger partial charge >= 0.3 is 0 Å². The average Bonchev–Trinajstić information content (AvgIpc) is 3.18. The van der Waals surface area contributed by atoms with E-state index in [0.29, 0.717) is 11.9 Å². The highest BCUT2D eigenvalue weighted by Crippen LogP contribution is 2.25. The van der Waals surface area contributed by atoms with Crippen molar-refractivity contribution in [2.24, 2.45) is 0 Å². The standard InChI is InChI=1S/C12H21ClN6/c1-4-19(9-5-6-9)8-7-14-11-15-10(13)16-12(17-11)18(2)3/h9H,4-8H2,1-3H3,(H,14,15,16,17). The molecule has 0 bridgehead atoms. The van der Waals surface area contributed by atoms with E-state index < -0.39 is 0 Å². The number of nitrogens with zero attached hydrogens (tertiary/aromatic N) is 5. The predicted molar refractivity (Wildman–Crippen MR) is 77.9 cm³/mol. The Hall–Kier alpha value is -1.14. The number of anilines is 2. The zero-order chi connectivity index (χ0) is 13.8. The zero-order valence-corrected chi connectivity index (χ0v) is 12.5. The molecule has 7 heteroatoms. The molecule has 1 N–H and O–H groups in total. The molecule has 0 unspecified atom stereocenters. The molecule has 1 heterocycles. The lowest BCUT2D eigenvalue weighted by Gasteiger charge is -2.20. The quantitative estimate of drug-likeness (QED) is 0.819. The van der Waals surface area contributed by atoms with Crippen molar-refractivity contribution in [3.63, 3.8) is 0 Å². The highest BCUT2D eigenvalue weighted by Gasteiger charge is 2.27. The number of aromatic nitrogens is 3. The van der Waals surface area contributed by atoms with Crippen LogP contribution in [0.1, 0.15) is 19.8 Å². The van der Waals surface area contributed by atoms with E-state index in [1.807, 2.05) is 14.1 Å². The Kier molecular flexibility index (Phi) is 4.76. The Balaban J connectivity index is 1.88. The average molecular weight is 285 g/mol. The van der Waals surface area contributed by atoms with Crippen LogP contribution in [0.25, 0.3) is 0 Å². The predicted octanol–water partition coefficient (Wildman–Crippen LogP) is 1.49. The summed E-state index contributed by atoms with van der Waals surface area (Å²) in [5.74, 6) is 1.10. The molecule has 1 fully saturated rings. The Morgan fingerprint density at radius 3 is 2.58 bits per heavy atom. The molecule has 1 saturated carbocycles. The topological polar surface area (TPSA) is 57.2 Å². The first-order chi connectivity index (χ1) is 9.10. The lowest BCUT2D eigenvalue weighted by Crippen LogP contribution is -2.31. The molecule has 1 aromatic rings. The van der Waals surface area contributed by atoms with Gasteiger partial charge in [0.1, 0.15) is 0 Å². The summed E-state index contributed by atoms with van der Waals surface area (Å²) in [6, 6.07) is 0.783. The van der Waals surface area contributed by atoms with Crippen LogP contribution in [0, 0.1) is 0 Å². The van der Waals surface area contributed by atoms with Crippen LogP contribution in [0.5, 0.6) is 0 Å². The lowest BCUT2D eigenvalue weighted by molar-refractivity contribution is 0.289. The van der Waals surface area contributed by atoms with Gasteiger partial charge in [-0.25, -0.2) is 0 Å². The highest BCUT2D eigenvalue weighted by atomic mass is 35.5. The van der Waals surface area contributed by atoms with Crippen molar-refractivity contribution in [1.82, 2.24) is 19.9 Å². The molecule has 0 radical (unpaired) electrons. The van der Waals surface area contributed by atoms with Crippen LogP contribution in [-0.2, 0) is 0 Å². The second kappa shape index (κ2) is 6.34. The van der Waals surface area contributed by atoms with E-state index >= 15 is 0 Å². The molecule has 1 aliphatic carbocycles. The van der Waals surface area contributed by atoms with Gasteiger partial charge in [-0.15, -0.1) is 0 Å². The van der Waals surface area contributed by atoms with E-state index in [9.17, 15) is 0 Å². The Bertz CT molecular complexity index is 421. The van der Waals surface area contributed by atoms with Gasteiger partial charge in [-0.2, -0.15) is 15.0 Å². The second-order valence-corrected chi connectivity index (χ2v) is 5.25. The number of likely N-dealkylation sites (N-methyl/N-ethyl adjacent to an activating group) is 1. The molecule has 1 aliphatic rings. The van der Waals surface area contributed by atoms with E-state index in [0.717, 1.165) is 25.7 Å². The molecule has 0 atom stereocenters. The minimum absolute atomic E-state index is 0.218. The van der Waals surface area contributed by atoms with Gasteiger partial charge in [0, 0.05) is 33.2 Å². The summed E-state index contributed by atoms with van der Waals surface area (Å²) >= 11 is 5.88. The fourth-order valence-electron chi connectivity index (χ4n) is 1.97. The van der Waals surface area contributed by atoms with Crippen molar-refractivity contribution >= 4 is 23.5 Å². The van der Waals surface area contributed by atoms with Gasteiger partial charge in [0.2, 0.25) is 17.2 Å². The maximum absolute atomic E-state index is 5.88.